The first-order chi connectivity index (χ1) is 15.5. The molecule has 0 unspecified atom stereocenters. The molecule has 0 aromatic heterocycles. The molecule has 2 saturated heterocycles. The molecule has 2 fully saturated rings. The van der Waals surface area contributed by atoms with Gasteiger partial charge in [0.25, 0.3) is 11.1 Å². The highest BCUT2D eigenvalue weighted by Crippen LogP contribution is 2.34. The van der Waals surface area contributed by atoms with Crippen molar-refractivity contribution < 1.29 is 28.2 Å². The molecule has 2 aliphatic rings. The molecule has 2 aromatic carbocycles. The number of imide groups is 1. The smallest absolute Gasteiger partial charge is 0.294 e. The van der Waals surface area contributed by atoms with Crippen molar-refractivity contribution in [2.75, 3.05) is 32.8 Å². The van der Waals surface area contributed by atoms with E-state index >= 15 is 0 Å². The van der Waals surface area contributed by atoms with E-state index in [9.17, 15) is 18.8 Å². The lowest BCUT2D eigenvalue weighted by Gasteiger charge is -2.28. The molecule has 0 atom stereocenters. The molecular formula is C23H21FN2O5S. The molecule has 0 N–H and O–H groups in total. The topological polar surface area (TPSA) is 76.2 Å². The van der Waals surface area contributed by atoms with Crippen LogP contribution < -0.4 is 4.74 Å². The number of carbonyl (C=O) groups excluding carboxylic acids is 3. The van der Waals surface area contributed by atoms with Crippen LogP contribution in [0.15, 0.2) is 53.4 Å². The van der Waals surface area contributed by atoms with Crippen LogP contribution in [0.5, 0.6) is 5.75 Å². The van der Waals surface area contributed by atoms with Gasteiger partial charge in [-0.15, -0.1) is 0 Å². The van der Waals surface area contributed by atoms with Crippen LogP contribution in [0.25, 0.3) is 6.08 Å². The first-order valence-electron chi connectivity index (χ1n) is 10.1. The van der Waals surface area contributed by atoms with E-state index in [1.807, 2.05) is 0 Å². The monoisotopic (exact) mass is 456 g/mol. The van der Waals surface area contributed by atoms with Crippen LogP contribution in [0.4, 0.5) is 9.18 Å². The maximum Gasteiger partial charge on any atom is 0.294 e. The van der Waals surface area contributed by atoms with Gasteiger partial charge in [-0.1, -0.05) is 30.3 Å². The Bertz CT molecular complexity index is 1050. The van der Waals surface area contributed by atoms with E-state index in [4.69, 9.17) is 9.47 Å². The predicted octanol–water partition coefficient (Wildman–Crippen LogP) is 3.30. The number of ether oxygens (including phenoxy) is 2. The molecule has 4 rings (SSSR count). The number of thioether (sulfide) groups is 1. The third-order valence-electron chi connectivity index (χ3n) is 5.04. The predicted molar refractivity (Wildman–Crippen MR) is 117 cm³/mol. The van der Waals surface area contributed by atoms with E-state index in [0.29, 0.717) is 37.6 Å². The lowest BCUT2D eigenvalue weighted by atomic mass is 10.1. The molecule has 0 bridgehead atoms. The zero-order valence-corrected chi connectivity index (χ0v) is 18.0. The van der Waals surface area contributed by atoms with Crippen molar-refractivity contribution in [3.63, 3.8) is 0 Å². The average molecular weight is 456 g/mol. The molecule has 2 aliphatic heterocycles. The Labute approximate surface area is 188 Å². The van der Waals surface area contributed by atoms with E-state index in [1.165, 1.54) is 12.1 Å². The Balaban J connectivity index is 1.45. The highest BCUT2D eigenvalue weighted by molar-refractivity contribution is 8.18. The number of nitrogens with zero attached hydrogens (tertiary/aromatic N) is 2. The quantitative estimate of drug-likeness (QED) is 0.621. The van der Waals surface area contributed by atoms with Crippen molar-refractivity contribution in [3.8, 4) is 5.75 Å². The van der Waals surface area contributed by atoms with Crippen molar-refractivity contribution in [1.82, 2.24) is 9.80 Å². The van der Waals surface area contributed by atoms with Gasteiger partial charge in [0.05, 0.1) is 18.1 Å². The van der Waals surface area contributed by atoms with Gasteiger partial charge in [-0.05, 0) is 41.6 Å². The van der Waals surface area contributed by atoms with E-state index in [-0.39, 0.29) is 29.8 Å². The minimum absolute atomic E-state index is 0.223. The summed E-state index contributed by atoms with van der Waals surface area (Å²) in [6, 6.07) is 13.1. The van der Waals surface area contributed by atoms with Gasteiger partial charge >= 0.3 is 0 Å². The minimum atomic E-state index is -0.505. The Hall–Kier alpha value is -3.17. The van der Waals surface area contributed by atoms with Crippen LogP contribution in [-0.4, -0.2) is 59.7 Å². The molecule has 3 amide bonds. The van der Waals surface area contributed by atoms with E-state index < -0.39 is 11.1 Å². The van der Waals surface area contributed by atoms with Gasteiger partial charge in [0.1, 0.15) is 24.7 Å². The van der Waals surface area contributed by atoms with Crippen LogP contribution in [0, 0.1) is 5.82 Å². The summed E-state index contributed by atoms with van der Waals surface area (Å²) in [5.74, 6) is -0.583. The summed E-state index contributed by atoms with van der Waals surface area (Å²) in [6.45, 7) is 1.73. The zero-order valence-electron chi connectivity index (χ0n) is 17.2. The molecule has 2 heterocycles. The van der Waals surface area contributed by atoms with E-state index in [1.54, 1.807) is 47.4 Å². The third-order valence-corrected chi connectivity index (χ3v) is 5.95. The van der Waals surface area contributed by atoms with Gasteiger partial charge in [0.2, 0.25) is 5.91 Å². The van der Waals surface area contributed by atoms with E-state index in [0.717, 1.165) is 22.2 Å². The molecule has 166 valence electrons. The first-order valence-corrected chi connectivity index (χ1v) is 10.9. The number of para-hydroxylation sites is 1. The van der Waals surface area contributed by atoms with Crippen molar-refractivity contribution in [2.24, 2.45) is 0 Å². The summed E-state index contributed by atoms with van der Waals surface area (Å²) in [5.41, 5.74) is 1.42. The van der Waals surface area contributed by atoms with Crippen molar-refractivity contribution >= 4 is 34.9 Å². The lowest BCUT2D eigenvalue weighted by Crippen LogP contribution is -2.46. The van der Waals surface area contributed by atoms with Gasteiger partial charge in [-0.2, -0.15) is 0 Å². The standard InChI is InChI=1S/C23H21FN2O5S/c24-18-7-5-16(6-8-18)15-31-19-4-2-1-3-17(19)13-20-22(28)26(23(29)32-20)14-21(27)25-9-11-30-12-10-25/h1-8,13H,9-12,14-15H2/b20-13-. The van der Waals surface area contributed by atoms with Gasteiger partial charge < -0.3 is 14.4 Å². The summed E-state index contributed by atoms with van der Waals surface area (Å²) in [5, 5.41) is -0.479. The summed E-state index contributed by atoms with van der Waals surface area (Å²) in [6.07, 6.45) is 1.59. The maximum atomic E-state index is 13.1. The van der Waals surface area contributed by atoms with Gasteiger partial charge in [0, 0.05) is 18.7 Å². The summed E-state index contributed by atoms with van der Waals surface area (Å²) >= 11 is 0.796. The third kappa shape index (κ3) is 5.17. The fourth-order valence-electron chi connectivity index (χ4n) is 3.30. The molecule has 0 radical (unpaired) electrons. The Morgan fingerprint density at radius 2 is 1.81 bits per heavy atom. The summed E-state index contributed by atoms with van der Waals surface area (Å²) in [7, 11) is 0. The summed E-state index contributed by atoms with van der Waals surface area (Å²) < 4.78 is 24.2. The Kier molecular flexibility index (Phi) is 6.87. The Morgan fingerprint density at radius 3 is 2.56 bits per heavy atom. The highest BCUT2D eigenvalue weighted by Gasteiger charge is 2.37. The highest BCUT2D eigenvalue weighted by atomic mass is 32.2. The second-order valence-electron chi connectivity index (χ2n) is 7.21. The number of amides is 3. The first kappa shape index (κ1) is 22.0. The minimum Gasteiger partial charge on any atom is -0.488 e. The number of benzene rings is 2. The second kappa shape index (κ2) is 9.97. The lowest BCUT2D eigenvalue weighted by molar-refractivity contribution is -0.139. The SMILES string of the molecule is O=C(CN1C(=O)S/C(=C\c2ccccc2OCc2ccc(F)cc2)C1=O)N1CCOCC1. The number of rotatable bonds is 6. The second-order valence-corrected chi connectivity index (χ2v) is 8.21. The molecular weight excluding hydrogens is 435 g/mol. The van der Waals surface area contributed by atoms with Crippen LogP contribution >= 0.6 is 11.8 Å². The fraction of sp³-hybridized carbons (Fsp3) is 0.261. The van der Waals surface area contributed by atoms with Crippen LogP contribution in [0.2, 0.25) is 0 Å². The Morgan fingerprint density at radius 1 is 1.09 bits per heavy atom. The number of carbonyl (C=O) groups is 3. The summed E-state index contributed by atoms with van der Waals surface area (Å²) in [4.78, 5) is 40.4. The van der Waals surface area contributed by atoms with Gasteiger partial charge in [0.15, 0.2) is 0 Å². The van der Waals surface area contributed by atoms with Crippen molar-refractivity contribution in [1.29, 1.82) is 0 Å². The molecule has 0 spiro atoms. The molecule has 0 aliphatic carbocycles. The molecule has 32 heavy (non-hydrogen) atoms. The molecule has 9 heteroatoms. The molecule has 7 nitrogen and oxygen atoms in total. The number of halogens is 1. The van der Waals surface area contributed by atoms with Crippen LogP contribution in [-0.2, 0) is 20.9 Å². The van der Waals surface area contributed by atoms with E-state index in [2.05, 4.69) is 0 Å². The number of hydrogen-bond donors (Lipinski definition) is 0. The average Bonchev–Trinajstić information content (AvgIpc) is 3.07. The van der Waals surface area contributed by atoms with Crippen molar-refractivity contribution in [2.45, 2.75) is 6.61 Å². The largest absolute Gasteiger partial charge is 0.488 e. The van der Waals surface area contributed by atoms with Crippen LogP contribution in [0.1, 0.15) is 11.1 Å². The number of morpholine rings is 1. The zero-order chi connectivity index (χ0) is 22.5. The number of hydrogen-bond acceptors (Lipinski definition) is 6. The van der Waals surface area contributed by atoms with Crippen molar-refractivity contribution in [3.05, 3.63) is 70.4 Å². The van der Waals surface area contributed by atoms with Gasteiger partial charge in [-0.3, -0.25) is 19.3 Å². The van der Waals surface area contributed by atoms with Crippen LogP contribution in [0.3, 0.4) is 0 Å². The van der Waals surface area contributed by atoms with Gasteiger partial charge in [-0.25, -0.2) is 4.39 Å². The maximum absolute atomic E-state index is 13.1. The normalized spacial score (nSPS) is 17.8. The molecule has 2 aromatic rings. The fourth-order valence-corrected chi connectivity index (χ4v) is 4.13. The molecule has 0 saturated carbocycles.